The second-order valence-corrected chi connectivity index (χ2v) is 6.39. The summed E-state index contributed by atoms with van der Waals surface area (Å²) in [7, 11) is 0. The summed E-state index contributed by atoms with van der Waals surface area (Å²) < 4.78 is 7.82. The molecular weight excluding hydrogens is 330 g/mol. The molecule has 3 nitrogen and oxygen atoms in total. The first-order chi connectivity index (χ1) is 8.83. The van der Waals surface area contributed by atoms with Crippen LogP contribution in [0.3, 0.4) is 0 Å². The number of carbonyl (C=O) groups is 1. The Kier molecular flexibility index (Phi) is 3.92. The largest absolute Gasteiger partial charge is 0.443 e. The summed E-state index contributed by atoms with van der Waals surface area (Å²) in [5.74, 6) is 0.342. The zero-order valence-corrected chi connectivity index (χ0v) is 13.4. The molecule has 0 saturated heterocycles. The zero-order chi connectivity index (χ0) is 14.2. The van der Waals surface area contributed by atoms with E-state index < -0.39 is 11.7 Å². The van der Waals surface area contributed by atoms with Crippen molar-refractivity contribution in [2.24, 2.45) is 0 Å². The van der Waals surface area contributed by atoms with Crippen molar-refractivity contribution in [1.82, 2.24) is 4.57 Å². The third-order valence-electron chi connectivity index (χ3n) is 2.59. The van der Waals surface area contributed by atoms with Gasteiger partial charge in [0.2, 0.25) is 0 Å². The fraction of sp³-hybridized carbons (Fsp3) is 0.357. The van der Waals surface area contributed by atoms with Crippen molar-refractivity contribution in [3.63, 3.8) is 0 Å². The van der Waals surface area contributed by atoms with Gasteiger partial charge in [-0.15, -0.1) is 11.6 Å². The molecule has 0 N–H and O–H groups in total. The average molecular weight is 345 g/mol. The number of carbonyl (C=O) groups excluding carboxylic acids is 1. The van der Waals surface area contributed by atoms with Gasteiger partial charge in [-0.3, -0.25) is 4.57 Å². The lowest BCUT2D eigenvalue weighted by atomic mass is 10.2. The molecule has 0 aliphatic heterocycles. The standard InChI is InChI=1S/C14H15BrClNO2/c1-14(2,3)19-13(18)17-8-9(7-16)12-10(15)5-4-6-11(12)17/h4-6,8H,7H2,1-3H3. The second-order valence-electron chi connectivity index (χ2n) is 5.27. The summed E-state index contributed by atoms with van der Waals surface area (Å²) in [5, 5.41) is 0.948. The minimum atomic E-state index is -0.527. The van der Waals surface area contributed by atoms with Crippen LogP contribution in [0.15, 0.2) is 28.9 Å². The molecule has 0 saturated carbocycles. The third-order valence-corrected chi connectivity index (χ3v) is 3.54. The van der Waals surface area contributed by atoms with E-state index in [-0.39, 0.29) is 0 Å². The first kappa shape index (κ1) is 14.4. The molecule has 0 aliphatic rings. The summed E-state index contributed by atoms with van der Waals surface area (Å²) in [5.41, 5.74) is 1.16. The van der Waals surface area contributed by atoms with Crippen molar-refractivity contribution < 1.29 is 9.53 Å². The van der Waals surface area contributed by atoms with E-state index in [1.165, 1.54) is 4.57 Å². The van der Waals surface area contributed by atoms with E-state index in [1.54, 1.807) is 6.20 Å². The molecular formula is C14H15BrClNO2. The molecule has 0 fully saturated rings. The van der Waals surface area contributed by atoms with E-state index in [4.69, 9.17) is 16.3 Å². The minimum Gasteiger partial charge on any atom is -0.443 e. The van der Waals surface area contributed by atoms with Crippen LogP contribution in [0, 0.1) is 0 Å². The molecule has 5 heteroatoms. The first-order valence-corrected chi connectivity index (χ1v) is 7.24. The predicted molar refractivity (Wildman–Crippen MR) is 80.8 cm³/mol. The molecule has 0 radical (unpaired) electrons. The Morgan fingerprint density at radius 2 is 2.11 bits per heavy atom. The van der Waals surface area contributed by atoms with Crippen LogP contribution in [-0.4, -0.2) is 16.3 Å². The van der Waals surface area contributed by atoms with Gasteiger partial charge in [-0.25, -0.2) is 4.79 Å². The van der Waals surface area contributed by atoms with Crippen LogP contribution in [0.4, 0.5) is 4.79 Å². The number of nitrogens with zero attached hydrogens (tertiary/aromatic N) is 1. The second kappa shape index (κ2) is 5.17. The summed E-state index contributed by atoms with van der Waals surface area (Å²) >= 11 is 9.43. The fourth-order valence-corrected chi connectivity index (χ4v) is 2.70. The molecule has 1 aromatic carbocycles. The van der Waals surface area contributed by atoms with Crippen LogP contribution in [0.25, 0.3) is 10.9 Å². The molecule has 2 rings (SSSR count). The maximum absolute atomic E-state index is 12.2. The summed E-state index contributed by atoms with van der Waals surface area (Å²) in [6.45, 7) is 5.53. The van der Waals surface area contributed by atoms with Gasteiger partial charge < -0.3 is 4.74 Å². The SMILES string of the molecule is CC(C)(C)OC(=O)n1cc(CCl)c2c(Br)cccc21. The molecule has 0 bridgehead atoms. The molecule has 1 aromatic heterocycles. The van der Waals surface area contributed by atoms with Gasteiger partial charge in [-0.1, -0.05) is 22.0 Å². The van der Waals surface area contributed by atoms with E-state index in [9.17, 15) is 4.79 Å². The number of aromatic nitrogens is 1. The summed E-state index contributed by atoms with van der Waals surface area (Å²) in [6, 6.07) is 5.68. The Morgan fingerprint density at radius 1 is 1.42 bits per heavy atom. The van der Waals surface area contributed by atoms with Crippen molar-refractivity contribution in [3.05, 3.63) is 34.4 Å². The lowest BCUT2D eigenvalue weighted by Crippen LogP contribution is -2.26. The van der Waals surface area contributed by atoms with E-state index in [0.717, 1.165) is 20.9 Å². The van der Waals surface area contributed by atoms with Crippen molar-refractivity contribution in [1.29, 1.82) is 0 Å². The quantitative estimate of drug-likeness (QED) is 0.687. The number of hydrogen-bond acceptors (Lipinski definition) is 2. The maximum atomic E-state index is 12.2. The van der Waals surface area contributed by atoms with Crippen LogP contribution in [0.1, 0.15) is 26.3 Å². The average Bonchev–Trinajstić information content (AvgIpc) is 2.67. The number of halogens is 2. The Morgan fingerprint density at radius 3 is 2.68 bits per heavy atom. The molecule has 1 heterocycles. The Labute approximate surface area is 125 Å². The first-order valence-electron chi connectivity index (χ1n) is 5.91. The van der Waals surface area contributed by atoms with Crippen molar-refractivity contribution >= 4 is 44.5 Å². The number of alkyl halides is 1. The molecule has 0 spiro atoms. The summed E-state index contributed by atoms with van der Waals surface area (Å²) in [6.07, 6.45) is 1.34. The van der Waals surface area contributed by atoms with Crippen molar-refractivity contribution in [2.75, 3.05) is 0 Å². The topological polar surface area (TPSA) is 31.2 Å². The lowest BCUT2D eigenvalue weighted by Gasteiger charge is -2.19. The normalized spacial score (nSPS) is 11.8. The van der Waals surface area contributed by atoms with E-state index in [2.05, 4.69) is 15.9 Å². The highest BCUT2D eigenvalue weighted by Crippen LogP contribution is 2.30. The van der Waals surface area contributed by atoms with Crippen LogP contribution in [0.2, 0.25) is 0 Å². The number of hydrogen-bond donors (Lipinski definition) is 0. The fourth-order valence-electron chi connectivity index (χ4n) is 1.88. The van der Waals surface area contributed by atoms with Crippen LogP contribution < -0.4 is 0 Å². The van der Waals surface area contributed by atoms with Crippen molar-refractivity contribution in [3.8, 4) is 0 Å². The Balaban J connectivity index is 2.56. The summed E-state index contributed by atoms with van der Waals surface area (Å²) in [4.78, 5) is 12.2. The monoisotopic (exact) mass is 343 g/mol. The van der Waals surface area contributed by atoms with E-state index in [1.807, 2.05) is 39.0 Å². The van der Waals surface area contributed by atoms with Gasteiger partial charge in [0.1, 0.15) is 5.60 Å². The highest BCUT2D eigenvalue weighted by molar-refractivity contribution is 9.10. The zero-order valence-electron chi connectivity index (χ0n) is 11.0. The van der Waals surface area contributed by atoms with Crippen LogP contribution in [0.5, 0.6) is 0 Å². The van der Waals surface area contributed by atoms with Gasteiger partial charge in [0.25, 0.3) is 0 Å². The van der Waals surface area contributed by atoms with Gasteiger partial charge in [-0.2, -0.15) is 0 Å². The molecule has 0 amide bonds. The van der Waals surface area contributed by atoms with Gasteiger partial charge in [0.15, 0.2) is 0 Å². The van der Waals surface area contributed by atoms with Gasteiger partial charge >= 0.3 is 6.09 Å². The molecule has 2 aromatic rings. The van der Waals surface area contributed by atoms with E-state index >= 15 is 0 Å². The third kappa shape index (κ3) is 2.95. The minimum absolute atomic E-state index is 0.342. The van der Waals surface area contributed by atoms with Crippen LogP contribution in [-0.2, 0) is 10.6 Å². The lowest BCUT2D eigenvalue weighted by molar-refractivity contribution is 0.0544. The molecule has 102 valence electrons. The number of ether oxygens (including phenoxy) is 1. The number of benzene rings is 1. The highest BCUT2D eigenvalue weighted by atomic mass is 79.9. The van der Waals surface area contributed by atoms with Gasteiger partial charge in [-0.05, 0) is 38.5 Å². The van der Waals surface area contributed by atoms with Crippen LogP contribution >= 0.6 is 27.5 Å². The highest BCUT2D eigenvalue weighted by Gasteiger charge is 2.21. The number of fused-ring (bicyclic) bond motifs is 1. The molecule has 0 atom stereocenters. The maximum Gasteiger partial charge on any atom is 0.419 e. The molecule has 0 aliphatic carbocycles. The predicted octanol–water partition coefficient (Wildman–Crippen LogP) is 4.93. The van der Waals surface area contributed by atoms with Gasteiger partial charge in [0, 0.05) is 21.9 Å². The van der Waals surface area contributed by atoms with Gasteiger partial charge in [0.05, 0.1) is 5.52 Å². The number of rotatable bonds is 1. The van der Waals surface area contributed by atoms with E-state index in [0.29, 0.717) is 5.88 Å². The molecule has 19 heavy (non-hydrogen) atoms. The smallest absolute Gasteiger partial charge is 0.419 e. The molecule has 0 unspecified atom stereocenters. The van der Waals surface area contributed by atoms with Crippen molar-refractivity contribution in [2.45, 2.75) is 32.3 Å². The Bertz CT molecular complexity index is 628. The Hall–Kier alpha value is -1.00.